The number of amides is 1. The van der Waals surface area contributed by atoms with E-state index in [0.717, 1.165) is 24.7 Å². The van der Waals surface area contributed by atoms with Crippen LogP contribution in [0.5, 0.6) is 0 Å². The fourth-order valence-corrected chi connectivity index (χ4v) is 4.09. The summed E-state index contributed by atoms with van der Waals surface area (Å²) in [6.45, 7) is 1.76. The van der Waals surface area contributed by atoms with Crippen LogP contribution in [0.15, 0.2) is 53.4 Å². The topological polar surface area (TPSA) is 72.5 Å². The van der Waals surface area contributed by atoms with Crippen molar-refractivity contribution in [3.63, 3.8) is 0 Å². The number of hydrogen-bond acceptors (Lipinski definition) is 4. The van der Waals surface area contributed by atoms with E-state index in [1.807, 2.05) is 24.3 Å². The molecule has 0 atom stereocenters. The van der Waals surface area contributed by atoms with Crippen LogP contribution >= 0.6 is 11.6 Å². The molecule has 1 heterocycles. The van der Waals surface area contributed by atoms with E-state index in [9.17, 15) is 13.2 Å². The van der Waals surface area contributed by atoms with E-state index in [1.54, 1.807) is 0 Å². The highest BCUT2D eigenvalue weighted by atomic mass is 35.5. The van der Waals surface area contributed by atoms with Crippen LogP contribution in [-0.2, 0) is 20.0 Å². The van der Waals surface area contributed by atoms with Crippen LogP contribution in [0.2, 0.25) is 5.02 Å². The molecule has 1 saturated heterocycles. The van der Waals surface area contributed by atoms with E-state index in [0.29, 0.717) is 30.3 Å². The highest BCUT2D eigenvalue weighted by molar-refractivity contribution is 7.90. The Hall–Kier alpha value is -1.89. The van der Waals surface area contributed by atoms with Crippen LogP contribution in [0.4, 0.5) is 0 Å². The third-order valence-electron chi connectivity index (χ3n) is 5.04. The Morgan fingerprint density at radius 1 is 1.07 bits per heavy atom. The minimum atomic E-state index is -3.28. The first-order valence-electron chi connectivity index (χ1n) is 8.72. The molecule has 0 aliphatic carbocycles. The van der Waals surface area contributed by atoms with Crippen LogP contribution < -0.4 is 5.32 Å². The van der Waals surface area contributed by atoms with Gasteiger partial charge < -0.3 is 10.1 Å². The monoisotopic (exact) mass is 407 g/mol. The van der Waals surface area contributed by atoms with Gasteiger partial charge in [0, 0.05) is 42.0 Å². The molecule has 1 fully saturated rings. The Morgan fingerprint density at radius 3 is 2.22 bits per heavy atom. The molecule has 0 bridgehead atoms. The van der Waals surface area contributed by atoms with Crippen molar-refractivity contribution in [1.29, 1.82) is 0 Å². The fourth-order valence-electron chi connectivity index (χ4n) is 3.34. The Balaban J connectivity index is 1.75. The van der Waals surface area contributed by atoms with Crippen molar-refractivity contribution in [3.8, 4) is 0 Å². The summed E-state index contributed by atoms with van der Waals surface area (Å²) in [4.78, 5) is 12.8. The minimum Gasteiger partial charge on any atom is -0.381 e. The molecule has 7 heteroatoms. The summed E-state index contributed by atoms with van der Waals surface area (Å²) in [6.07, 6.45) is 2.76. The van der Waals surface area contributed by atoms with Gasteiger partial charge in [0.15, 0.2) is 9.84 Å². The van der Waals surface area contributed by atoms with Crippen LogP contribution in [0.1, 0.15) is 28.8 Å². The van der Waals surface area contributed by atoms with Gasteiger partial charge in [-0.15, -0.1) is 0 Å². The Morgan fingerprint density at radius 2 is 1.67 bits per heavy atom. The average molecular weight is 408 g/mol. The van der Waals surface area contributed by atoms with E-state index in [1.165, 1.54) is 24.3 Å². The van der Waals surface area contributed by atoms with Crippen LogP contribution in [-0.4, -0.2) is 40.3 Å². The number of halogens is 1. The maximum Gasteiger partial charge on any atom is 0.251 e. The average Bonchev–Trinajstić information content (AvgIpc) is 2.67. The van der Waals surface area contributed by atoms with E-state index in [-0.39, 0.29) is 16.2 Å². The number of carbonyl (C=O) groups is 1. The lowest BCUT2D eigenvalue weighted by atomic mass is 9.74. The van der Waals surface area contributed by atoms with Crippen molar-refractivity contribution in [1.82, 2.24) is 5.32 Å². The SMILES string of the molecule is CS(=O)(=O)c1ccc(C(=O)NCC2(c3ccc(Cl)cc3)CCOCC2)cc1. The largest absolute Gasteiger partial charge is 0.381 e. The van der Waals surface area contributed by atoms with E-state index in [2.05, 4.69) is 5.32 Å². The lowest BCUT2D eigenvalue weighted by Gasteiger charge is -2.38. The third-order valence-corrected chi connectivity index (χ3v) is 6.42. The molecule has 0 unspecified atom stereocenters. The number of carbonyl (C=O) groups excluding carboxylic acids is 1. The van der Waals surface area contributed by atoms with Crippen molar-refractivity contribution in [3.05, 3.63) is 64.7 Å². The van der Waals surface area contributed by atoms with Gasteiger partial charge in [-0.1, -0.05) is 23.7 Å². The van der Waals surface area contributed by atoms with Crippen molar-refractivity contribution in [2.75, 3.05) is 26.0 Å². The van der Waals surface area contributed by atoms with Crippen molar-refractivity contribution < 1.29 is 17.9 Å². The predicted octanol–water partition coefficient (Wildman–Crippen LogP) is 3.22. The van der Waals surface area contributed by atoms with Crippen molar-refractivity contribution in [2.45, 2.75) is 23.2 Å². The number of ether oxygens (including phenoxy) is 1. The maximum atomic E-state index is 12.6. The smallest absolute Gasteiger partial charge is 0.251 e. The molecular formula is C20H22ClNO4S. The molecule has 0 saturated carbocycles. The zero-order chi connectivity index (χ0) is 19.5. The van der Waals surface area contributed by atoms with Gasteiger partial charge in [-0.2, -0.15) is 0 Å². The van der Waals surface area contributed by atoms with Crippen LogP contribution in [0, 0.1) is 0 Å². The number of sulfone groups is 1. The Kier molecular flexibility index (Phi) is 5.89. The molecule has 3 rings (SSSR count). The van der Waals surface area contributed by atoms with Gasteiger partial charge >= 0.3 is 0 Å². The second-order valence-electron chi connectivity index (χ2n) is 6.88. The first-order valence-corrected chi connectivity index (χ1v) is 11.0. The third kappa shape index (κ3) is 4.69. The molecular weight excluding hydrogens is 386 g/mol. The molecule has 0 spiro atoms. The predicted molar refractivity (Wildman–Crippen MR) is 105 cm³/mol. The molecule has 0 radical (unpaired) electrons. The van der Waals surface area contributed by atoms with E-state index >= 15 is 0 Å². The van der Waals surface area contributed by atoms with Crippen LogP contribution in [0.3, 0.4) is 0 Å². The van der Waals surface area contributed by atoms with Gasteiger partial charge in [0.2, 0.25) is 0 Å². The summed E-state index contributed by atoms with van der Waals surface area (Å²) in [5, 5.41) is 3.68. The molecule has 1 N–H and O–H groups in total. The molecule has 1 aliphatic heterocycles. The van der Waals surface area contributed by atoms with E-state index < -0.39 is 9.84 Å². The molecule has 2 aromatic rings. The zero-order valence-electron chi connectivity index (χ0n) is 15.1. The maximum absolute atomic E-state index is 12.6. The first kappa shape index (κ1) is 19.9. The quantitative estimate of drug-likeness (QED) is 0.825. The Labute approximate surface area is 164 Å². The second-order valence-corrected chi connectivity index (χ2v) is 9.33. The standard InChI is InChI=1S/C20H22ClNO4S/c1-27(24,25)18-8-2-15(3-9-18)19(23)22-14-20(10-12-26-13-11-20)16-4-6-17(21)7-5-16/h2-9H,10-14H2,1H3,(H,22,23). The fraction of sp³-hybridized carbons (Fsp3) is 0.350. The summed E-state index contributed by atoms with van der Waals surface area (Å²) >= 11 is 6.01. The van der Waals surface area contributed by atoms with Crippen molar-refractivity contribution >= 4 is 27.3 Å². The van der Waals surface area contributed by atoms with Crippen LogP contribution in [0.25, 0.3) is 0 Å². The first-order chi connectivity index (χ1) is 12.8. The molecule has 0 aromatic heterocycles. The normalized spacial score (nSPS) is 16.7. The molecule has 5 nitrogen and oxygen atoms in total. The van der Waals surface area contributed by atoms with Gasteiger partial charge in [0.1, 0.15) is 0 Å². The summed E-state index contributed by atoms with van der Waals surface area (Å²) in [6, 6.07) is 13.7. The zero-order valence-corrected chi connectivity index (χ0v) is 16.6. The molecule has 2 aromatic carbocycles. The lowest BCUT2D eigenvalue weighted by Crippen LogP contribution is -2.44. The number of hydrogen-bond donors (Lipinski definition) is 1. The van der Waals surface area contributed by atoms with Gasteiger partial charge in [0.25, 0.3) is 5.91 Å². The minimum absolute atomic E-state index is 0.195. The summed E-state index contributed by atoms with van der Waals surface area (Å²) < 4.78 is 28.6. The number of rotatable bonds is 5. The second kappa shape index (κ2) is 8.00. The summed E-state index contributed by atoms with van der Waals surface area (Å²) in [5.41, 5.74) is 1.36. The van der Waals surface area contributed by atoms with Crippen molar-refractivity contribution in [2.24, 2.45) is 0 Å². The van der Waals surface area contributed by atoms with Gasteiger partial charge in [-0.05, 0) is 54.8 Å². The molecule has 144 valence electrons. The van der Waals surface area contributed by atoms with Gasteiger partial charge in [0.05, 0.1) is 4.90 Å². The lowest BCUT2D eigenvalue weighted by molar-refractivity contribution is 0.0487. The molecule has 1 amide bonds. The van der Waals surface area contributed by atoms with E-state index in [4.69, 9.17) is 16.3 Å². The number of nitrogens with one attached hydrogen (secondary N) is 1. The number of benzene rings is 2. The van der Waals surface area contributed by atoms with Gasteiger partial charge in [-0.3, -0.25) is 4.79 Å². The highest BCUT2D eigenvalue weighted by Crippen LogP contribution is 2.35. The summed E-state index contributed by atoms with van der Waals surface area (Å²) in [5.74, 6) is -0.227. The Bertz CT molecular complexity index is 902. The molecule has 27 heavy (non-hydrogen) atoms. The molecule has 1 aliphatic rings. The highest BCUT2D eigenvalue weighted by Gasteiger charge is 2.34. The van der Waals surface area contributed by atoms with Gasteiger partial charge in [-0.25, -0.2) is 8.42 Å². The summed E-state index contributed by atoms with van der Waals surface area (Å²) in [7, 11) is -3.28.